The molecule has 39 heavy (non-hydrogen) atoms. The zero-order chi connectivity index (χ0) is 27.4. The average Bonchev–Trinajstić information content (AvgIpc) is 3.66. The van der Waals surface area contributed by atoms with Crippen molar-refractivity contribution in [2.75, 3.05) is 5.32 Å². The molecule has 0 saturated heterocycles. The van der Waals surface area contributed by atoms with Crippen LogP contribution >= 0.6 is 0 Å². The molecule has 0 radical (unpaired) electrons. The minimum absolute atomic E-state index is 0.253. The second kappa shape index (κ2) is 10.7. The summed E-state index contributed by atoms with van der Waals surface area (Å²) >= 11 is 0. The predicted molar refractivity (Wildman–Crippen MR) is 148 cm³/mol. The number of carbonyl (C=O) groups is 1. The lowest BCUT2D eigenvalue weighted by molar-refractivity contribution is 0.102. The maximum atomic E-state index is 13.0. The summed E-state index contributed by atoms with van der Waals surface area (Å²) in [4.78, 5) is 17.3. The first-order valence-corrected chi connectivity index (χ1v) is 12.4. The van der Waals surface area contributed by atoms with Gasteiger partial charge in [0.05, 0.1) is 35.9 Å². The lowest BCUT2D eigenvalue weighted by Crippen LogP contribution is -2.17. The third-order valence-corrected chi connectivity index (χ3v) is 6.49. The van der Waals surface area contributed by atoms with E-state index in [1.54, 1.807) is 54.0 Å². The molecule has 0 saturated carbocycles. The summed E-state index contributed by atoms with van der Waals surface area (Å²) in [5.74, 6) is 0.432. The summed E-state index contributed by atoms with van der Waals surface area (Å²) < 4.78 is 12.9. The van der Waals surface area contributed by atoms with Gasteiger partial charge < -0.3 is 14.5 Å². The molecule has 0 aliphatic rings. The Morgan fingerprint density at radius 2 is 2.03 bits per heavy atom. The topological polar surface area (TPSA) is 106 Å². The molecule has 0 bridgehead atoms. The smallest absolute Gasteiger partial charge is 0.255 e. The summed E-state index contributed by atoms with van der Waals surface area (Å²) in [5.41, 5.74) is 5.62. The molecule has 3 heterocycles. The van der Waals surface area contributed by atoms with Crippen LogP contribution in [0.1, 0.15) is 40.9 Å². The molecule has 8 heteroatoms. The number of hydrogen-bond acceptors (Lipinski definition) is 6. The van der Waals surface area contributed by atoms with Crippen LogP contribution in [-0.4, -0.2) is 20.7 Å². The Morgan fingerprint density at radius 1 is 1.15 bits per heavy atom. The van der Waals surface area contributed by atoms with Crippen molar-refractivity contribution in [1.82, 2.24) is 14.8 Å². The number of nitrogens with zero attached hydrogens (tertiary/aromatic N) is 4. The van der Waals surface area contributed by atoms with Crippen LogP contribution < -0.4 is 10.1 Å². The largest absolute Gasteiger partial charge is 0.488 e. The van der Waals surface area contributed by atoms with Gasteiger partial charge >= 0.3 is 0 Å². The number of benzene rings is 2. The first-order chi connectivity index (χ1) is 18.8. The Bertz CT molecular complexity index is 1660. The van der Waals surface area contributed by atoms with Gasteiger partial charge in [-0.05, 0) is 68.3 Å². The maximum absolute atomic E-state index is 13.0. The summed E-state index contributed by atoms with van der Waals surface area (Å²) in [6, 6.07) is 18.8. The summed E-state index contributed by atoms with van der Waals surface area (Å²) in [5, 5.41) is 17.0. The Morgan fingerprint density at radius 3 is 2.82 bits per heavy atom. The van der Waals surface area contributed by atoms with Crippen molar-refractivity contribution in [1.29, 1.82) is 5.26 Å². The Hall–Kier alpha value is -5.16. The molecular weight excluding hydrogens is 490 g/mol. The molecule has 0 fully saturated rings. The number of ether oxygens (including phenoxy) is 1. The van der Waals surface area contributed by atoms with E-state index in [2.05, 4.69) is 21.5 Å². The van der Waals surface area contributed by atoms with Crippen molar-refractivity contribution >= 4 is 11.6 Å². The SMILES string of the molecule is Cc1ccc(NC(=O)c2cccc(C(C)(C)C#N)c2)cc1-n1cc(-c2cnccc2OCc2ccoc2)cn1. The van der Waals surface area contributed by atoms with Crippen LogP contribution in [0.15, 0.2) is 96.3 Å². The van der Waals surface area contributed by atoms with E-state index in [1.165, 1.54) is 0 Å². The van der Waals surface area contributed by atoms with Gasteiger partial charge in [-0.1, -0.05) is 18.2 Å². The molecule has 194 valence electrons. The standard InChI is InChI=1S/C31H27N5O3/c1-21-7-8-26(35-30(37)23-5-4-6-25(13-23)31(2,3)20-32)14-28(21)36-17-24(15-34-36)27-16-33-11-9-29(27)39-19-22-10-12-38-18-22/h4-18H,19H2,1-3H3,(H,35,37). The number of nitriles is 1. The molecule has 3 aromatic heterocycles. The van der Waals surface area contributed by atoms with Crippen LogP contribution in [0.2, 0.25) is 0 Å². The Balaban J connectivity index is 1.37. The number of pyridine rings is 1. The Labute approximate surface area is 226 Å². The molecule has 2 aromatic carbocycles. The molecule has 1 amide bonds. The molecule has 0 aliphatic heterocycles. The second-order valence-corrected chi connectivity index (χ2v) is 9.74. The minimum Gasteiger partial charge on any atom is -0.488 e. The highest BCUT2D eigenvalue weighted by Gasteiger charge is 2.21. The number of hydrogen-bond donors (Lipinski definition) is 1. The van der Waals surface area contributed by atoms with E-state index in [0.29, 0.717) is 23.6 Å². The lowest BCUT2D eigenvalue weighted by atomic mass is 9.85. The lowest BCUT2D eigenvalue weighted by Gasteiger charge is -2.16. The number of aryl methyl sites for hydroxylation is 1. The van der Waals surface area contributed by atoms with Crippen molar-refractivity contribution in [3.63, 3.8) is 0 Å². The summed E-state index contributed by atoms with van der Waals surface area (Å²) in [6.45, 7) is 6.02. The number of carbonyl (C=O) groups excluding carboxylic acids is 1. The predicted octanol–water partition coefficient (Wildman–Crippen LogP) is 6.47. The van der Waals surface area contributed by atoms with Crippen molar-refractivity contribution in [3.8, 4) is 28.6 Å². The fraction of sp³-hybridized carbons (Fsp3) is 0.161. The number of furan rings is 1. The highest BCUT2D eigenvalue weighted by atomic mass is 16.5. The first-order valence-electron chi connectivity index (χ1n) is 12.4. The third kappa shape index (κ3) is 5.58. The van der Waals surface area contributed by atoms with E-state index in [9.17, 15) is 10.1 Å². The van der Waals surface area contributed by atoms with Crippen molar-refractivity contribution in [2.24, 2.45) is 0 Å². The molecule has 1 N–H and O–H groups in total. The molecule has 5 aromatic rings. The maximum Gasteiger partial charge on any atom is 0.255 e. The minimum atomic E-state index is -0.691. The Kier molecular flexibility index (Phi) is 6.98. The van der Waals surface area contributed by atoms with Gasteiger partial charge in [0.15, 0.2) is 0 Å². The highest BCUT2D eigenvalue weighted by molar-refractivity contribution is 6.04. The molecule has 5 rings (SSSR count). The van der Waals surface area contributed by atoms with Crippen molar-refractivity contribution < 1.29 is 13.9 Å². The van der Waals surface area contributed by atoms with Crippen LogP contribution in [-0.2, 0) is 12.0 Å². The number of rotatable bonds is 8. The van der Waals surface area contributed by atoms with Gasteiger partial charge in [-0.15, -0.1) is 0 Å². The molecule has 0 atom stereocenters. The third-order valence-electron chi connectivity index (χ3n) is 6.49. The zero-order valence-corrected chi connectivity index (χ0v) is 21.9. The number of aromatic nitrogens is 3. The van der Waals surface area contributed by atoms with E-state index in [-0.39, 0.29) is 5.91 Å². The van der Waals surface area contributed by atoms with Crippen molar-refractivity contribution in [2.45, 2.75) is 32.8 Å². The molecule has 0 aliphatic carbocycles. The van der Waals surface area contributed by atoms with E-state index in [1.807, 2.05) is 63.4 Å². The molecule has 0 spiro atoms. The van der Waals surface area contributed by atoms with Crippen molar-refractivity contribution in [3.05, 3.63) is 114 Å². The average molecular weight is 518 g/mol. The van der Waals surface area contributed by atoms with Gasteiger partial charge in [-0.25, -0.2) is 4.68 Å². The number of nitrogens with one attached hydrogen (secondary N) is 1. The van der Waals surface area contributed by atoms with Crippen LogP contribution in [0.3, 0.4) is 0 Å². The van der Waals surface area contributed by atoms with E-state index in [4.69, 9.17) is 9.15 Å². The van der Waals surface area contributed by atoms with E-state index >= 15 is 0 Å². The van der Waals surface area contributed by atoms with Gasteiger partial charge in [0.2, 0.25) is 0 Å². The number of anilines is 1. The molecule has 8 nitrogen and oxygen atoms in total. The zero-order valence-electron chi connectivity index (χ0n) is 21.9. The van der Waals surface area contributed by atoms with Gasteiger partial charge in [0.1, 0.15) is 12.4 Å². The molecular formula is C31H27N5O3. The highest BCUT2D eigenvalue weighted by Crippen LogP contribution is 2.31. The first kappa shape index (κ1) is 25.5. The fourth-order valence-electron chi connectivity index (χ4n) is 4.10. The van der Waals surface area contributed by atoms with Crippen LogP contribution in [0.25, 0.3) is 16.8 Å². The second-order valence-electron chi connectivity index (χ2n) is 9.74. The van der Waals surface area contributed by atoms with Gasteiger partial charge in [-0.3, -0.25) is 9.78 Å². The normalized spacial score (nSPS) is 11.1. The quantitative estimate of drug-likeness (QED) is 0.253. The van der Waals surface area contributed by atoms with Crippen LogP contribution in [0.4, 0.5) is 5.69 Å². The van der Waals surface area contributed by atoms with E-state index in [0.717, 1.165) is 33.5 Å². The van der Waals surface area contributed by atoms with Gasteiger partial charge in [0.25, 0.3) is 5.91 Å². The van der Waals surface area contributed by atoms with Gasteiger partial charge in [-0.2, -0.15) is 10.4 Å². The number of amides is 1. The van der Waals surface area contributed by atoms with E-state index < -0.39 is 5.41 Å². The van der Waals surface area contributed by atoms with Crippen LogP contribution in [0, 0.1) is 18.3 Å². The monoisotopic (exact) mass is 517 g/mol. The summed E-state index contributed by atoms with van der Waals surface area (Å²) in [6.07, 6.45) is 10.4. The van der Waals surface area contributed by atoms with Gasteiger partial charge in [0, 0.05) is 46.5 Å². The van der Waals surface area contributed by atoms with Crippen LogP contribution in [0.5, 0.6) is 5.75 Å². The molecule has 0 unspecified atom stereocenters. The fourth-order valence-corrected chi connectivity index (χ4v) is 4.10. The summed E-state index contributed by atoms with van der Waals surface area (Å²) in [7, 11) is 0.